The van der Waals surface area contributed by atoms with E-state index in [1.165, 1.54) is 6.07 Å². The summed E-state index contributed by atoms with van der Waals surface area (Å²) in [7, 11) is 0. The van der Waals surface area contributed by atoms with Gasteiger partial charge in [0.05, 0.1) is 11.6 Å². The van der Waals surface area contributed by atoms with Gasteiger partial charge in [-0.2, -0.15) is 0 Å². The van der Waals surface area contributed by atoms with Crippen molar-refractivity contribution in [2.45, 2.75) is 6.61 Å². The average Bonchev–Trinajstić information content (AvgIpc) is 2.33. The van der Waals surface area contributed by atoms with Gasteiger partial charge in [0.1, 0.15) is 5.82 Å². The van der Waals surface area contributed by atoms with Crippen molar-refractivity contribution in [1.29, 1.82) is 0 Å². The van der Waals surface area contributed by atoms with Gasteiger partial charge in [0.15, 0.2) is 0 Å². The summed E-state index contributed by atoms with van der Waals surface area (Å²) in [6, 6.07) is 12.0. The van der Waals surface area contributed by atoms with Crippen molar-refractivity contribution in [1.82, 2.24) is 0 Å². The summed E-state index contributed by atoms with van der Waals surface area (Å²) in [5.74, 6) is -0.419. The second-order valence-corrected chi connectivity index (χ2v) is 3.89. The van der Waals surface area contributed by atoms with Crippen molar-refractivity contribution in [2.24, 2.45) is 0 Å². The Morgan fingerprint density at radius 3 is 2.19 bits per heavy atom. The van der Waals surface area contributed by atoms with Crippen LogP contribution in [-0.2, 0) is 6.61 Å². The summed E-state index contributed by atoms with van der Waals surface area (Å²) in [5, 5.41) is 9.02. The third kappa shape index (κ3) is 2.23. The molecule has 0 unspecified atom stereocenters. The molecule has 1 nitrogen and oxygen atoms in total. The van der Waals surface area contributed by atoms with E-state index in [0.29, 0.717) is 0 Å². The molecule has 0 saturated carbocycles. The molecule has 0 fully saturated rings. The van der Waals surface area contributed by atoms with Gasteiger partial charge in [0.2, 0.25) is 0 Å². The number of rotatable bonds is 2. The zero-order valence-electron chi connectivity index (χ0n) is 8.45. The molecule has 0 aliphatic heterocycles. The van der Waals surface area contributed by atoms with Gasteiger partial charge in [-0.1, -0.05) is 41.9 Å². The van der Waals surface area contributed by atoms with Gasteiger partial charge in [0, 0.05) is 0 Å². The highest BCUT2D eigenvalue weighted by molar-refractivity contribution is 6.31. The topological polar surface area (TPSA) is 20.2 Å². The fourth-order valence-corrected chi connectivity index (χ4v) is 1.66. The second-order valence-electron chi connectivity index (χ2n) is 3.48. The van der Waals surface area contributed by atoms with Gasteiger partial charge in [-0.05, 0) is 28.8 Å². The standard InChI is InChI=1S/C13H10ClFO/c14-12-7-11(5-6-13(12)15)10-3-1-9(8-16)2-4-10/h1-7,16H,8H2. The van der Waals surface area contributed by atoms with E-state index >= 15 is 0 Å². The maximum Gasteiger partial charge on any atom is 0.141 e. The van der Waals surface area contributed by atoms with Crippen LogP contribution in [0.5, 0.6) is 0 Å². The molecule has 2 aromatic carbocycles. The smallest absolute Gasteiger partial charge is 0.141 e. The number of halogens is 2. The zero-order valence-corrected chi connectivity index (χ0v) is 9.21. The van der Waals surface area contributed by atoms with Crippen LogP contribution in [0.1, 0.15) is 5.56 Å². The summed E-state index contributed by atoms with van der Waals surface area (Å²) in [6.07, 6.45) is 0. The largest absolute Gasteiger partial charge is 0.392 e. The molecule has 2 rings (SSSR count). The van der Waals surface area contributed by atoms with Crippen LogP contribution in [0.3, 0.4) is 0 Å². The third-order valence-corrected chi connectivity index (χ3v) is 2.68. The Morgan fingerprint density at radius 1 is 1.00 bits per heavy atom. The molecule has 0 atom stereocenters. The summed E-state index contributed by atoms with van der Waals surface area (Å²) >= 11 is 5.71. The fourth-order valence-electron chi connectivity index (χ4n) is 1.48. The van der Waals surface area contributed by atoms with Crippen LogP contribution in [-0.4, -0.2) is 5.11 Å². The molecule has 16 heavy (non-hydrogen) atoms. The summed E-state index contributed by atoms with van der Waals surface area (Å²) in [5.41, 5.74) is 2.65. The zero-order chi connectivity index (χ0) is 11.5. The SMILES string of the molecule is OCc1ccc(-c2ccc(F)c(Cl)c2)cc1. The first-order valence-electron chi connectivity index (χ1n) is 4.86. The molecule has 0 spiro atoms. The van der Waals surface area contributed by atoms with Crippen LogP contribution < -0.4 is 0 Å². The molecule has 0 aromatic heterocycles. The first kappa shape index (κ1) is 11.1. The number of benzene rings is 2. The van der Waals surface area contributed by atoms with Crippen molar-refractivity contribution >= 4 is 11.6 Å². The molecule has 0 saturated heterocycles. The molecular weight excluding hydrogens is 227 g/mol. The molecule has 0 heterocycles. The average molecular weight is 237 g/mol. The van der Waals surface area contributed by atoms with Gasteiger partial charge in [-0.15, -0.1) is 0 Å². The first-order valence-corrected chi connectivity index (χ1v) is 5.24. The lowest BCUT2D eigenvalue weighted by molar-refractivity contribution is 0.282. The highest BCUT2D eigenvalue weighted by atomic mass is 35.5. The third-order valence-electron chi connectivity index (χ3n) is 2.39. The van der Waals surface area contributed by atoms with E-state index in [9.17, 15) is 4.39 Å². The molecule has 2 aromatic rings. The van der Waals surface area contributed by atoms with E-state index in [0.717, 1.165) is 16.7 Å². The van der Waals surface area contributed by atoms with E-state index in [1.54, 1.807) is 12.1 Å². The second kappa shape index (κ2) is 4.64. The van der Waals surface area contributed by atoms with Crippen LogP contribution in [0.25, 0.3) is 11.1 Å². The fraction of sp³-hybridized carbons (Fsp3) is 0.0769. The molecule has 0 aliphatic rings. The van der Waals surface area contributed by atoms with Gasteiger partial charge in [-0.25, -0.2) is 4.39 Å². The Bertz CT molecular complexity index is 494. The van der Waals surface area contributed by atoms with Crippen LogP contribution >= 0.6 is 11.6 Å². The lowest BCUT2D eigenvalue weighted by Crippen LogP contribution is -1.84. The number of aliphatic hydroxyl groups excluding tert-OH is 1. The number of hydrogen-bond acceptors (Lipinski definition) is 1. The maximum absolute atomic E-state index is 13.0. The van der Waals surface area contributed by atoms with Gasteiger partial charge in [0.25, 0.3) is 0 Å². The Kier molecular flexibility index (Phi) is 3.22. The van der Waals surface area contributed by atoms with Gasteiger partial charge < -0.3 is 5.11 Å². The van der Waals surface area contributed by atoms with Gasteiger partial charge in [-0.3, -0.25) is 0 Å². The Labute approximate surface area is 98.1 Å². The van der Waals surface area contributed by atoms with E-state index in [4.69, 9.17) is 16.7 Å². The minimum Gasteiger partial charge on any atom is -0.392 e. The Balaban J connectivity index is 2.38. The monoisotopic (exact) mass is 236 g/mol. The normalized spacial score (nSPS) is 10.4. The summed E-state index contributed by atoms with van der Waals surface area (Å²) in [6.45, 7) is 0.0183. The van der Waals surface area contributed by atoms with E-state index in [2.05, 4.69) is 0 Å². The predicted octanol–water partition coefficient (Wildman–Crippen LogP) is 3.64. The quantitative estimate of drug-likeness (QED) is 0.844. The summed E-state index contributed by atoms with van der Waals surface area (Å²) in [4.78, 5) is 0. The lowest BCUT2D eigenvalue weighted by atomic mass is 10.0. The predicted molar refractivity (Wildman–Crippen MR) is 62.8 cm³/mol. The van der Waals surface area contributed by atoms with Crippen LogP contribution in [0.4, 0.5) is 4.39 Å². The molecule has 3 heteroatoms. The molecule has 1 N–H and O–H groups in total. The minimum absolute atomic E-state index is 0.0183. The Morgan fingerprint density at radius 2 is 1.62 bits per heavy atom. The minimum atomic E-state index is -0.419. The first-order chi connectivity index (χ1) is 7.70. The number of hydrogen-bond donors (Lipinski definition) is 1. The van der Waals surface area contributed by atoms with E-state index < -0.39 is 5.82 Å². The van der Waals surface area contributed by atoms with Crippen LogP contribution in [0, 0.1) is 5.82 Å². The number of aliphatic hydroxyl groups is 1. The molecule has 0 bridgehead atoms. The van der Waals surface area contributed by atoms with E-state index in [-0.39, 0.29) is 11.6 Å². The van der Waals surface area contributed by atoms with Crippen LogP contribution in [0.15, 0.2) is 42.5 Å². The van der Waals surface area contributed by atoms with Crippen molar-refractivity contribution in [2.75, 3.05) is 0 Å². The van der Waals surface area contributed by atoms with Gasteiger partial charge >= 0.3 is 0 Å². The molecule has 0 aliphatic carbocycles. The van der Waals surface area contributed by atoms with Crippen LogP contribution in [0.2, 0.25) is 5.02 Å². The molecule has 0 radical (unpaired) electrons. The highest BCUT2D eigenvalue weighted by Crippen LogP contribution is 2.25. The lowest BCUT2D eigenvalue weighted by Gasteiger charge is -2.04. The van der Waals surface area contributed by atoms with Crippen molar-refractivity contribution in [3.63, 3.8) is 0 Å². The molecular formula is C13H10ClFO. The highest BCUT2D eigenvalue weighted by Gasteiger charge is 2.02. The van der Waals surface area contributed by atoms with Crippen molar-refractivity contribution in [3.05, 3.63) is 58.9 Å². The van der Waals surface area contributed by atoms with Crippen molar-refractivity contribution < 1.29 is 9.50 Å². The summed E-state index contributed by atoms with van der Waals surface area (Å²) < 4.78 is 13.0. The molecule has 82 valence electrons. The van der Waals surface area contributed by atoms with E-state index in [1.807, 2.05) is 24.3 Å². The Hall–Kier alpha value is -1.38. The maximum atomic E-state index is 13.0. The molecule has 0 amide bonds. The van der Waals surface area contributed by atoms with Crippen molar-refractivity contribution in [3.8, 4) is 11.1 Å².